The smallest absolute Gasteiger partial charge is 0.295 e. The number of benzene rings is 1. The number of non-ortho nitro benzene ring substituents is 1. The van der Waals surface area contributed by atoms with E-state index >= 15 is 0 Å². The molecule has 1 amide bonds. The Kier molecular flexibility index (Phi) is 5.19. The molecule has 1 aliphatic carbocycles. The zero-order valence-corrected chi connectivity index (χ0v) is 16.4. The number of thiophene rings is 1. The minimum absolute atomic E-state index is 0.0329. The number of hydrogen-bond acceptors (Lipinski definition) is 6. The first-order valence-corrected chi connectivity index (χ1v) is 10.5. The summed E-state index contributed by atoms with van der Waals surface area (Å²) in [5, 5.41) is 23.7. The number of aliphatic hydroxyl groups excluding tert-OH is 1. The van der Waals surface area contributed by atoms with Gasteiger partial charge in [-0.1, -0.05) is 25.3 Å². The van der Waals surface area contributed by atoms with Gasteiger partial charge in [0.2, 0.25) is 0 Å². The number of Topliss-reactive ketones (excluding diaryl/α,β-unsaturated/α-hetero) is 1. The van der Waals surface area contributed by atoms with Gasteiger partial charge in [-0.15, -0.1) is 11.3 Å². The number of likely N-dealkylation sites (tertiary alicyclic amines) is 1. The van der Waals surface area contributed by atoms with Gasteiger partial charge in [0.15, 0.2) is 0 Å². The Morgan fingerprint density at radius 1 is 1.10 bits per heavy atom. The SMILES string of the molecule is O=C1C(=O)N(C2CCCCC2)C(c2cccs2)/C1=C(/O)c1ccc([N+](=O)[O-])cc1. The molecule has 4 rings (SSSR count). The quantitative estimate of drug-likeness (QED) is 0.264. The summed E-state index contributed by atoms with van der Waals surface area (Å²) in [5.74, 6) is -1.58. The zero-order chi connectivity index (χ0) is 20.5. The van der Waals surface area contributed by atoms with Crippen molar-refractivity contribution >= 4 is 34.5 Å². The van der Waals surface area contributed by atoms with E-state index in [2.05, 4.69) is 0 Å². The van der Waals surface area contributed by atoms with E-state index in [0.717, 1.165) is 37.0 Å². The second-order valence-electron chi connectivity index (χ2n) is 7.32. The summed E-state index contributed by atoms with van der Waals surface area (Å²) < 4.78 is 0. The van der Waals surface area contributed by atoms with Crippen molar-refractivity contribution < 1.29 is 19.6 Å². The van der Waals surface area contributed by atoms with E-state index in [9.17, 15) is 24.8 Å². The third kappa shape index (κ3) is 3.44. The molecule has 150 valence electrons. The van der Waals surface area contributed by atoms with Gasteiger partial charge >= 0.3 is 0 Å². The molecule has 2 aliphatic rings. The maximum atomic E-state index is 12.9. The fourth-order valence-corrected chi connectivity index (χ4v) is 5.04. The third-order valence-corrected chi connectivity index (χ3v) is 6.54. The molecule has 1 saturated heterocycles. The number of carbonyl (C=O) groups is 2. The van der Waals surface area contributed by atoms with Crippen molar-refractivity contribution in [2.24, 2.45) is 0 Å². The number of hydrogen-bond donors (Lipinski definition) is 1. The van der Waals surface area contributed by atoms with Crippen LogP contribution in [0.1, 0.15) is 48.6 Å². The van der Waals surface area contributed by atoms with Crippen LogP contribution in [0.5, 0.6) is 0 Å². The highest BCUT2D eigenvalue weighted by molar-refractivity contribution is 7.10. The summed E-state index contributed by atoms with van der Waals surface area (Å²) in [6.07, 6.45) is 4.81. The normalized spacial score (nSPS) is 22.2. The van der Waals surface area contributed by atoms with Crippen LogP contribution >= 0.6 is 11.3 Å². The zero-order valence-electron chi connectivity index (χ0n) is 15.6. The van der Waals surface area contributed by atoms with Crippen molar-refractivity contribution in [1.29, 1.82) is 0 Å². The van der Waals surface area contributed by atoms with Gasteiger partial charge in [-0.2, -0.15) is 0 Å². The first kappa shape index (κ1) is 19.3. The van der Waals surface area contributed by atoms with Crippen LogP contribution in [0.25, 0.3) is 5.76 Å². The molecule has 1 unspecified atom stereocenters. The van der Waals surface area contributed by atoms with Gasteiger partial charge in [0, 0.05) is 28.6 Å². The lowest BCUT2D eigenvalue weighted by atomic mass is 9.93. The van der Waals surface area contributed by atoms with Gasteiger partial charge in [0.1, 0.15) is 5.76 Å². The molecule has 1 N–H and O–H groups in total. The summed E-state index contributed by atoms with van der Waals surface area (Å²) in [7, 11) is 0. The van der Waals surface area contributed by atoms with Gasteiger partial charge in [0.25, 0.3) is 17.4 Å². The van der Waals surface area contributed by atoms with E-state index in [4.69, 9.17) is 0 Å². The second-order valence-corrected chi connectivity index (χ2v) is 8.30. The highest BCUT2D eigenvalue weighted by Crippen LogP contribution is 2.44. The number of nitro groups is 1. The number of nitro benzene ring substituents is 1. The van der Waals surface area contributed by atoms with Crippen molar-refractivity contribution in [3.8, 4) is 0 Å². The highest BCUT2D eigenvalue weighted by atomic mass is 32.1. The number of aliphatic hydroxyl groups is 1. The summed E-state index contributed by atoms with van der Waals surface area (Å²) in [6.45, 7) is 0. The van der Waals surface area contributed by atoms with Crippen LogP contribution in [0.2, 0.25) is 0 Å². The molecule has 2 heterocycles. The van der Waals surface area contributed by atoms with Crippen LogP contribution in [-0.2, 0) is 9.59 Å². The molecule has 1 saturated carbocycles. The topological polar surface area (TPSA) is 101 Å². The maximum absolute atomic E-state index is 12.9. The Hall–Kier alpha value is -3.00. The van der Waals surface area contributed by atoms with Crippen molar-refractivity contribution in [2.45, 2.75) is 44.2 Å². The molecule has 29 heavy (non-hydrogen) atoms. The predicted octanol–water partition coefficient (Wildman–Crippen LogP) is 4.41. The molecule has 1 atom stereocenters. The van der Waals surface area contributed by atoms with Gasteiger partial charge in [-0.25, -0.2) is 0 Å². The number of rotatable bonds is 4. The Morgan fingerprint density at radius 3 is 2.38 bits per heavy atom. The van der Waals surface area contributed by atoms with E-state index in [1.165, 1.54) is 35.6 Å². The van der Waals surface area contributed by atoms with E-state index in [0.29, 0.717) is 0 Å². The van der Waals surface area contributed by atoms with E-state index in [-0.39, 0.29) is 28.6 Å². The van der Waals surface area contributed by atoms with Crippen LogP contribution in [0.15, 0.2) is 47.4 Å². The summed E-state index contributed by atoms with van der Waals surface area (Å²) in [5.41, 5.74) is 0.217. The summed E-state index contributed by atoms with van der Waals surface area (Å²) in [6, 6.07) is 8.38. The Bertz CT molecular complexity index is 975. The van der Waals surface area contributed by atoms with Crippen molar-refractivity contribution in [3.63, 3.8) is 0 Å². The fourth-order valence-electron chi connectivity index (χ4n) is 4.21. The minimum atomic E-state index is -0.704. The molecule has 7 nitrogen and oxygen atoms in total. The molecular weight excluding hydrogens is 392 g/mol. The lowest BCUT2D eigenvalue weighted by Gasteiger charge is -2.34. The Balaban J connectivity index is 1.81. The molecule has 8 heteroatoms. The van der Waals surface area contributed by atoms with E-state index < -0.39 is 22.7 Å². The van der Waals surface area contributed by atoms with Crippen LogP contribution < -0.4 is 0 Å². The molecule has 0 bridgehead atoms. The molecule has 1 aliphatic heterocycles. The van der Waals surface area contributed by atoms with Crippen molar-refractivity contribution in [2.75, 3.05) is 0 Å². The summed E-state index contributed by atoms with van der Waals surface area (Å²) in [4.78, 5) is 38.7. The standard InChI is InChI=1S/C21H20N2O5S/c24-19(13-8-10-15(11-9-13)23(27)28)17-18(16-7-4-12-29-16)22(21(26)20(17)25)14-5-2-1-3-6-14/h4,7-12,14,18,24H,1-3,5-6H2/b19-17-. The molecule has 0 radical (unpaired) electrons. The van der Waals surface area contributed by atoms with Gasteiger partial charge < -0.3 is 10.0 Å². The molecule has 2 fully saturated rings. The van der Waals surface area contributed by atoms with Crippen LogP contribution in [-0.4, -0.2) is 32.7 Å². The van der Waals surface area contributed by atoms with Gasteiger partial charge in [-0.3, -0.25) is 19.7 Å². The Labute approximate surface area is 171 Å². The van der Waals surface area contributed by atoms with E-state index in [1.807, 2.05) is 17.5 Å². The molecule has 2 aromatic rings. The van der Waals surface area contributed by atoms with Crippen molar-refractivity contribution in [1.82, 2.24) is 4.90 Å². The number of nitrogens with zero attached hydrogens (tertiary/aromatic N) is 2. The largest absolute Gasteiger partial charge is 0.507 e. The van der Waals surface area contributed by atoms with E-state index in [1.54, 1.807) is 4.90 Å². The molecular formula is C21H20N2O5S. The fraction of sp³-hybridized carbons (Fsp3) is 0.333. The monoisotopic (exact) mass is 412 g/mol. The third-order valence-electron chi connectivity index (χ3n) is 5.61. The molecule has 1 aromatic heterocycles. The second kappa shape index (κ2) is 7.79. The van der Waals surface area contributed by atoms with Crippen LogP contribution in [0.4, 0.5) is 5.69 Å². The number of amides is 1. The number of carbonyl (C=O) groups excluding carboxylic acids is 2. The first-order valence-electron chi connectivity index (χ1n) is 9.57. The van der Waals surface area contributed by atoms with Crippen molar-refractivity contribution in [3.05, 3.63) is 67.9 Å². The summed E-state index contributed by atoms with van der Waals surface area (Å²) >= 11 is 1.43. The first-order chi connectivity index (χ1) is 14.0. The van der Waals surface area contributed by atoms with Crippen LogP contribution in [0, 0.1) is 10.1 Å². The number of ketones is 1. The van der Waals surface area contributed by atoms with Gasteiger partial charge in [0.05, 0.1) is 16.5 Å². The molecule has 0 spiro atoms. The average Bonchev–Trinajstić information content (AvgIpc) is 3.35. The lowest BCUT2D eigenvalue weighted by molar-refractivity contribution is -0.384. The maximum Gasteiger partial charge on any atom is 0.295 e. The lowest BCUT2D eigenvalue weighted by Crippen LogP contribution is -2.40. The molecule has 1 aromatic carbocycles. The minimum Gasteiger partial charge on any atom is -0.507 e. The Morgan fingerprint density at radius 2 is 1.79 bits per heavy atom. The van der Waals surface area contributed by atoms with Gasteiger partial charge in [-0.05, 0) is 36.4 Å². The predicted molar refractivity (Wildman–Crippen MR) is 108 cm³/mol. The average molecular weight is 412 g/mol. The highest BCUT2D eigenvalue weighted by Gasteiger charge is 2.49. The van der Waals surface area contributed by atoms with Crippen LogP contribution in [0.3, 0.4) is 0 Å².